The summed E-state index contributed by atoms with van der Waals surface area (Å²) in [6.07, 6.45) is 1.13. The summed E-state index contributed by atoms with van der Waals surface area (Å²) in [6.45, 7) is 1.77. The number of hydrogen-bond donors (Lipinski definition) is 3. The highest BCUT2D eigenvalue weighted by atomic mass is 16.6. The minimum absolute atomic E-state index is 0.0509. The third kappa shape index (κ3) is 2.70. The highest BCUT2D eigenvalue weighted by Gasteiger charge is 2.23. The van der Waals surface area contributed by atoms with Gasteiger partial charge in [-0.1, -0.05) is 12.1 Å². The van der Waals surface area contributed by atoms with E-state index in [2.05, 4.69) is 20.7 Å². The summed E-state index contributed by atoms with van der Waals surface area (Å²) in [5.41, 5.74) is 3.30. The van der Waals surface area contributed by atoms with Crippen LogP contribution in [0.25, 0.3) is 0 Å². The van der Waals surface area contributed by atoms with Gasteiger partial charge in [0.15, 0.2) is 0 Å². The van der Waals surface area contributed by atoms with Gasteiger partial charge in [0.1, 0.15) is 12.4 Å². The van der Waals surface area contributed by atoms with E-state index < -0.39 is 10.6 Å². The van der Waals surface area contributed by atoms with Gasteiger partial charge >= 0.3 is 5.69 Å². The van der Waals surface area contributed by atoms with Crippen molar-refractivity contribution in [3.63, 3.8) is 0 Å². The highest BCUT2D eigenvalue weighted by molar-refractivity contribution is 5.76. The van der Waals surface area contributed by atoms with E-state index in [9.17, 15) is 10.1 Å². The van der Waals surface area contributed by atoms with Crippen LogP contribution in [0.1, 0.15) is 11.1 Å². The molecule has 0 atom stereocenters. The number of rotatable bonds is 4. The Labute approximate surface area is 119 Å². The van der Waals surface area contributed by atoms with Crippen molar-refractivity contribution in [2.75, 3.05) is 10.7 Å². The molecule has 0 saturated carbocycles. The van der Waals surface area contributed by atoms with Crippen molar-refractivity contribution in [1.82, 2.24) is 9.97 Å². The molecule has 4 N–H and O–H groups in total. The summed E-state index contributed by atoms with van der Waals surface area (Å²) in [7, 11) is 0. The Morgan fingerprint density at radius 3 is 2.71 bits per heavy atom. The van der Waals surface area contributed by atoms with Crippen LogP contribution in [0.5, 0.6) is 0 Å². The topological polar surface area (TPSA) is 143 Å². The Balaban J connectivity index is 2.53. The number of hydrogen-bond acceptors (Lipinski definition) is 8. The Kier molecular flexibility index (Phi) is 3.92. The SMILES string of the molecule is Cc1cccc(Nc2ncnc(NN)c2[N+](=O)[O-])c1C#N. The van der Waals surface area contributed by atoms with Crippen LogP contribution in [0.3, 0.4) is 0 Å². The normalized spacial score (nSPS) is 9.76. The van der Waals surface area contributed by atoms with E-state index in [0.29, 0.717) is 11.3 Å². The van der Waals surface area contributed by atoms with Crippen molar-refractivity contribution >= 4 is 23.0 Å². The highest BCUT2D eigenvalue weighted by Crippen LogP contribution is 2.31. The number of aromatic nitrogens is 2. The van der Waals surface area contributed by atoms with E-state index in [-0.39, 0.29) is 11.6 Å². The smallest absolute Gasteiger partial charge is 0.333 e. The van der Waals surface area contributed by atoms with Crippen LogP contribution in [0.15, 0.2) is 24.5 Å². The van der Waals surface area contributed by atoms with Crippen LogP contribution in [0.4, 0.5) is 23.0 Å². The Hall–Kier alpha value is -3.25. The second-order valence-corrected chi connectivity index (χ2v) is 4.06. The zero-order chi connectivity index (χ0) is 15.4. The van der Waals surface area contributed by atoms with E-state index in [1.165, 1.54) is 0 Å². The van der Waals surface area contributed by atoms with E-state index >= 15 is 0 Å². The van der Waals surface area contributed by atoms with Gasteiger partial charge in [-0.05, 0) is 18.6 Å². The third-order valence-corrected chi connectivity index (χ3v) is 2.78. The predicted molar refractivity (Wildman–Crippen MR) is 75.7 cm³/mol. The predicted octanol–water partition coefficient (Wildman–Crippen LogP) is 1.59. The van der Waals surface area contributed by atoms with Crippen LogP contribution >= 0.6 is 0 Å². The van der Waals surface area contributed by atoms with Gasteiger partial charge in [0.2, 0.25) is 11.6 Å². The molecule has 1 heterocycles. The second-order valence-electron chi connectivity index (χ2n) is 4.06. The van der Waals surface area contributed by atoms with E-state index in [1.54, 1.807) is 25.1 Å². The van der Waals surface area contributed by atoms with Gasteiger partial charge in [-0.15, -0.1) is 0 Å². The van der Waals surface area contributed by atoms with Gasteiger partial charge in [0.25, 0.3) is 0 Å². The average molecular weight is 285 g/mol. The lowest BCUT2D eigenvalue weighted by molar-refractivity contribution is -0.383. The first-order valence-corrected chi connectivity index (χ1v) is 5.81. The van der Waals surface area contributed by atoms with Crippen molar-refractivity contribution < 1.29 is 4.92 Å². The molecule has 2 rings (SSSR count). The molecule has 0 bridgehead atoms. The maximum absolute atomic E-state index is 11.1. The molecule has 0 aliphatic heterocycles. The first-order chi connectivity index (χ1) is 10.1. The maximum Gasteiger partial charge on any atom is 0.354 e. The quantitative estimate of drug-likeness (QED) is 0.436. The number of benzene rings is 1. The first-order valence-electron chi connectivity index (χ1n) is 5.81. The molecule has 0 saturated heterocycles. The van der Waals surface area contributed by atoms with E-state index in [0.717, 1.165) is 11.9 Å². The molecule has 9 heteroatoms. The van der Waals surface area contributed by atoms with E-state index in [4.69, 9.17) is 11.1 Å². The lowest BCUT2D eigenvalue weighted by Gasteiger charge is -2.10. The molecule has 0 spiro atoms. The van der Waals surface area contributed by atoms with Crippen LogP contribution in [-0.4, -0.2) is 14.9 Å². The molecule has 0 radical (unpaired) electrons. The van der Waals surface area contributed by atoms with E-state index in [1.807, 2.05) is 6.07 Å². The van der Waals surface area contributed by atoms with Crippen molar-refractivity contribution in [3.05, 3.63) is 45.8 Å². The molecule has 106 valence electrons. The maximum atomic E-state index is 11.1. The first kappa shape index (κ1) is 14.2. The fourth-order valence-corrected chi connectivity index (χ4v) is 1.80. The molecule has 0 unspecified atom stereocenters. The number of nitrogens with zero attached hydrogens (tertiary/aromatic N) is 4. The van der Waals surface area contributed by atoms with Gasteiger partial charge in [0, 0.05) is 0 Å². The molecular weight excluding hydrogens is 274 g/mol. The molecule has 0 aliphatic carbocycles. The van der Waals surface area contributed by atoms with Gasteiger partial charge in [-0.2, -0.15) is 5.26 Å². The minimum Gasteiger partial charge on any atom is -0.333 e. The van der Waals surface area contributed by atoms with Crippen LogP contribution < -0.4 is 16.6 Å². The van der Waals surface area contributed by atoms with Crippen molar-refractivity contribution in [3.8, 4) is 6.07 Å². The third-order valence-electron chi connectivity index (χ3n) is 2.78. The Bertz CT molecular complexity index is 739. The number of nitriles is 1. The second kappa shape index (κ2) is 5.81. The Morgan fingerprint density at radius 2 is 2.10 bits per heavy atom. The summed E-state index contributed by atoms with van der Waals surface area (Å²) >= 11 is 0. The number of aryl methyl sites for hydroxylation is 1. The fourth-order valence-electron chi connectivity index (χ4n) is 1.80. The van der Waals surface area contributed by atoms with Crippen molar-refractivity contribution in [2.45, 2.75) is 6.92 Å². The van der Waals surface area contributed by atoms with Gasteiger partial charge in [-0.3, -0.25) is 10.1 Å². The summed E-state index contributed by atoms with van der Waals surface area (Å²) in [5, 5.41) is 23.1. The molecular formula is C12H11N7O2. The summed E-state index contributed by atoms with van der Waals surface area (Å²) < 4.78 is 0. The lowest BCUT2D eigenvalue weighted by Crippen LogP contribution is -2.13. The van der Waals surface area contributed by atoms with Crippen LogP contribution in [0, 0.1) is 28.4 Å². The Morgan fingerprint density at radius 1 is 1.38 bits per heavy atom. The monoisotopic (exact) mass is 285 g/mol. The van der Waals surface area contributed by atoms with Gasteiger partial charge in [-0.25, -0.2) is 15.8 Å². The molecule has 0 fully saturated rings. The number of nitrogens with two attached hydrogens (primary N) is 1. The molecule has 0 amide bonds. The zero-order valence-corrected chi connectivity index (χ0v) is 11.0. The van der Waals surface area contributed by atoms with Crippen LogP contribution in [0.2, 0.25) is 0 Å². The summed E-state index contributed by atoms with van der Waals surface area (Å²) in [5.74, 6) is 5.03. The number of nitrogen functional groups attached to an aromatic ring is 1. The molecule has 0 aliphatic rings. The molecule has 21 heavy (non-hydrogen) atoms. The minimum atomic E-state index is -0.653. The average Bonchev–Trinajstić information content (AvgIpc) is 2.47. The van der Waals surface area contributed by atoms with Gasteiger partial charge < -0.3 is 10.7 Å². The largest absolute Gasteiger partial charge is 0.354 e. The van der Waals surface area contributed by atoms with Crippen molar-refractivity contribution in [2.24, 2.45) is 5.84 Å². The molecule has 9 nitrogen and oxygen atoms in total. The summed E-state index contributed by atoms with van der Waals surface area (Å²) in [4.78, 5) is 18.0. The molecule has 1 aromatic heterocycles. The van der Waals surface area contributed by atoms with Gasteiger partial charge in [0.05, 0.1) is 16.2 Å². The summed E-state index contributed by atoms with van der Waals surface area (Å²) in [6, 6.07) is 7.18. The zero-order valence-electron chi connectivity index (χ0n) is 11.0. The number of nitrogens with one attached hydrogen (secondary N) is 2. The molecule has 2 aromatic rings. The number of anilines is 3. The number of nitro groups is 1. The standard InChI is InChI=1S/C12H11N7O2/c1-7-3-2-4-9(8(7)5-13)17-11-10(19(20)21)12(18-14)16-6-15-11/h2-4,6H,14H2,1H3,(H2,15,16,17,18). The fraction of sp³-hybridized carbons (Fsp3) is 0.0833. The van der Waals surface area contributed by atoms with Crippen molar-refractivity contribution in [1.29, 1.82) is 5.26 Å². The number of hydrazine groups is 1. The van der Waals surface area contributed by atoms with Crippen LogP contribution in [-0.2, 0) is 0 Å². The lowest BCUT2D eigenvalue weighted by atomic mass is 10.1. The molecule has 1 aromatic carbocycles.